The summed E-state index contributed by atoms with van der Waals surface area (Å²) in [6, 6.07) is 8.90. The second kappa shape index (κ2) is 20.9. The number of hydrogen-bond donors (Lipinski definition) is 0. The van der Waals surface area contributed by atoms with Crippen molar-refractivity contribution in [1.29, 1.82) is 0 Å². The van der Waals surface area contributed by atoms with Crippen LogP contribution in [-0.4, -0.2) is 40.0 Å². The lowest BCUT2D eigenvalue weighted by atomic mass is 10.2. The van der Waals surface area contributed by atoms with Crippen molar-refractivity contribution in [3.63, 3.8) is 0 Å². The van der Waals surface area contributed by atoms with Crippen molar-refractivity contribution >= 4 is 40.0 Å². The SMILES string of the molecule is CC(=O)O[Si](CC(C)C)(CC(C)C)O[Si](CC(C)C)(CC(C)C)O[Si](CC(C)C)(CC(C)C)O[Si](CC(C)C)(CC(C)C)CC(C)C. The Kier molecular flexibility index (Phi) is 21.0. The Bertz CT molecular complexity index is 814. The summed E-state index contributed by atoms with van der Waals surface area (Å²) in [6.45, 7) is 43.6. The smallest absolute Gasteiger partial charge is 0.393 e. The van der Waals surface area contributed by atoms with Crippen LogP contribution in [0.4, 0.5) is 0 Å². The lowest BCUT2D eigenvalue weighted by molar-refractivity contribution is -0.133. The van der Waals surface area contributed by atoms with Gasteiger partial charge in [0.1, 0.15) is 0 Å². The van der Waals surface area contributed by atoms with Crippen molar-refractivity contribution < 1.29 is 21.6 Å². The first-order chi connectivity index (χ1) is 21.3. The van der Waals surface area contributed by atoms with E-state index in [0.29, 0.717) is 53.3 Å². The van der Waals surface area contributed by atoms with Gasteiger partial charge >= 0.3 is 25.7 Å². The number of rotatable bonds is 25. The van der Waals surface area contributed by atoms with Gasteiger partial charge in [-0.2, -0.15) is 0 Å². The summed E-state index contributed by atoms with van der Waals surface area (Å²) in [7, 11) is -11.1. The van der Waals surface area contributed by atoms with E-state index in [1.807, 2.05) is 0 Å². The predicted molar refractivity (Wildman–Crippen MR) is 215 cm³/mol. The second-order valence-electron chi connectivity index (χ2n) is 19.2. The topological polar surface area (TPSA) is 54.0 Å². The third-order valence-electron chi connectivity index (χ3n) is 8.13. The third kappa shape index (κ3) is 19.4. The Morgan fingerprint density at radius 3 is 0.809 bits per heavy atom. The quantitative estimate of drug-likeness (QED) is 0.0875. The fourth-order valence-electron chi connectivity index (χ4n) is 8.49. The molecule has 0 fully saturated rings. The lowest BCUT2D eigenvalue weighted by Crippen LogP contribution is -2.65. The molecule has 0 aliphatic heterocycles. The first kappa shape index (κ1) is 47.2. The Morgan fingerprint density at radius 1 is 0.362 bits per heavy atom. The zero-order chi connectivity index (χ0) is 37.0. The standard InChI is InChI=1S/C38H84O5Si4/c1-29(2)20-44(21-30(3)4,22-31(5)6)41-46(25-34(11)12,26-35(13)14)43-47(27-36(15)16,28-37(17)18)42-45(23-32(7)8,24-33(9)10)40-38(19)39/h29-37H,20-28H2,1-19H3. The van der Waals surface area contributed by atoms with E-state index in [4.69, 9.17) is 16.8 Å². The summed E-state index contributed by atoms with van der Waals surface area (Å²) < 4.78 is 30.7. The van der Waals surface area contributed by atoms with Gasteiger partial charge in [-0.1, -0.05) is 125 Å². The summed E-state index contributed by atoms with van der Waals surface area (Å²) in [5.41, 5.74) is 0. The van der Waals surface area contributed by atoms with Crippen LogP contribution in [0.1, 0.15) is 132 Å². The van der Waals surface area contributed by atoms with E-state index in [0.717, 1.165) is 36.3 Å². The molecule has 0 atom stereocenters. The van der Waals surface area contributed by atoms with Gasteiger partial charge in [0.25, 0.3) is 5.97 Å². The molecule has 0 rings (SSSR count). The normalized spacial score (nSPS) is 14.1. The van der Waals surface area contributed by atoms with Gasteiger partial charge < -0.3 is 16.8 Å². The summed E-state index contributed by atoms with van der Waals surface area (Å²) >= 11 is 0. The minimum Gasteiger partial charge on any atom is -0.495 e. The second-order valence-corrected chi connectivity index (χ2v) is 33.4. The highest BCUT2D eigenvalue weighted by atomic mass is 28.5. The molecule has 0 heterocycles. The maximum Gasteiger partial charge on any atom is 0.393 e. The van der Waals surface area contributed by atoms with Crippen molar-refractivity contribution in [3.05, 3.63) is 0 Å². The van der Waals surface area contributed by atoms with E-state index in [9.17, 15) is 4.79 Å². The van der Waals surface area contributed by atoms with Crippen LogP contribution in [0.3, 0.4) is 0 Å². The molecule has 0 aromatic heterocycles. The Hall–Kier alpha value is 0.218. The van der Waals surface area contributed by atoms with E-state index >= 15 is 0 Å². The van der Waals surface area contributed by atoms with Crippen LogP contribution in [-0.2, 0) is 21.6 Å². The van der Waals surface area contributed by atoms with Crippen LogP contribution in [0, 0.1) is 53.3 Å². The molecule has 0 spiro atoms. The first-order valence-electron chi connectivity index (χ1n) is 19.6. The van der Waals surface area contributed by atoms with Crippen LogP contribution in [0.5, 0.6) is 0 Å². The van der Waals surface area contributed by atoms with Crippen LogP contribution >= 0.6 is 0 Å². The molecule has 0 bridgehead atoms. The monoisotopic (exact) mass is 733 g/mol. The fraction of sp³-hybridized carbons (Fsp3) is 0.974. The van der Waals surface area contributed by atoms with Crippen molar-refractivity contribution in [2.75, 3.05) is 0 Å². The molecule has 5 nitrogen and oxygen atoms in total. The van der Waals surface area contributed by atoms with E-state index < -0.39 is 34.0 Å². The number of carbonyl (C=O) groups excluding carboxylic acids is 1. The van der Waals surface area contributed by atoms with Gasteiger partial charge in [0.2, 0.25) is 0 Å². The third-order valence-corrected chi connectivity index (χ3v) is 31.3. The molecule has 0 aromatic carbocycles. The minimum atomic E-state index is -3.01. The molecule has 0 aliphatic rings. The largest absolute Gasteiger partial charge is 0.495 e. The highest BCUT2D eigenvalue weighted by molar-refractivity contribution is 6.91. The van der Waals surface area contributed by atoms with Crippen LogP contribution in [0.15, 0.2) is 0 Å². The van der Waals surface area contributed by atoms with Gasteiger partial charge in [-0.05, 0) is 95.6 Å². The molecule has 47 heavy (non-hydrogen) atoms. The van der Waals surface area contributed by atoms with Crippen LogP contribution in [0.25, 0.3) is 0 Å². The molecule has 0 radical (unpaired) electrons. The Morgan fingerprint density at radius 2 is 0.574 bits per heavy atom. The average Bonchev–Trinajstić information content (AvgIpc) is 2.72. The molecule has 0 amide bonds. The first-order valence-corrected chi connectivity index (χ1v) is 28.8. The van der Waals surface area contributed by atoms with Gasteiger partial charge in [0, 0.05) is 19.0 Å². The molecule has 0 saturated heterocycles. The molecule has 0 aliphatic carbocycles. The van der Waals surface area contributed by atoms with Gasteiger partial charge in [-0.25, -0.2) is 0 Å². The van der Waals surface area contributed by atoms with Gasteiger partial charge in [0.15, 0.2) is 8.32 Å². The van der Waals surface area contributed by atoms with Gasteiger partial charge in [-0.15, -0.1) is 0 Å². The zero-order valence-corrected chi connectivity index (χ0v) is 39.1. The van der Waals surface area contributed by atoms with E-state index in [1.54, 1.807) is 6.92 Å². The van der Waals surface area contributed by atoms with Crippen molar-refractivity contribution in [2.45, 2.75) is 186 Å². The zero-order valence-electron chi connectivity index (χ0n) is 35.1. The molecular formula is C38H84O5Si4. The van der Waals surface area contributed by atoms with Crippen molar-refractivity contribution in [2.24, 2.45) is 53.3 Å². The number of carbonyl (C=O) groups is 1. The Labute approximate surface area is 299 Å². The Balaban J connectivity index is 7.97. The van der Waals surface area contributed by atoms with Crippen molar-refractivity contribution in [1.82, 2.24) is 0 Å². The highest BCUT2D eigenvalue weighted by Gasteiger charge is 2.58. The molecule has 0 N–H and O–H groups in total. The summed E-state index contributed by atoms with van der Waals surface area (Å²) in [6.07, 6.45) is 0. The van der Waals surface area contributed by atoms with Gasteiger partial charge in [-0.3, -0.25) is 4.79 Å². The predicted octanol–water partition coefficient (Wildman–Crippen LogP) is 12.8. The lowest BCUT2D eigenvalue weighted by Gasteiger charge is -2.51. The fourth-order valence-corrected chi connectivity index (χ4v) is 36.3. The molecule has 0 unspecified atom stereocenters. The molecule has 0 saturated carbocycles. The highest BCUT2D eigenvalue weighted by Crippen LogP contribution is 2.45. The van der Waals surface area contributed by atoms with Crippen LogP contribution in [0.2, 0.25) is 54.4 Å². The average molecular weight is 733 g/mol. The van der Waals surface area contributed by atoms with Crippen LogP contribution < -0.4 is 0 Å². The van der Waals surface area contributed by atoms with E-state index in [1.165, 1.54) is 18.1 Å². The summed E-state index contributed by atoms with van der Waals surface area (Å²) in [5, 5.41) is 0. The summed E-state index contributed by atoms with van der Waals surface area (Å²) in [4.78, 5) is 12.9. The molecule has 0 aromatic rings. The maximum atomic E-state index is 12.9. The minimum absolute atomic E-state index is 0.212. The number of hydrogen-bond acceptors (Lipinski definition) is 5. The van der Waals surface area contributed by atoms with Crippen molar-refractivity contribution in [3.8, 4) is 0 Å². The van der Waals surface area contributed by atoms with E-state index in [-0.39, 0.29) is 5.97 Å². The van der Waals surface area contributed by atoms with Gasteiger partial charge in [0.05, 0.1) is 0 Å². The molecular weight excluding hydrogens is 649 g/mol. The maximum absolute atomic E-state index is 12.9. The molecule has 9 heteroatoms. The summed E-state index contributed by atoms with van der Waals surface area (Å²) in [5.74, 6) is 3.95. The molecule has 282 valence electrons. The van der Waals surface area contributed by atoms with E-state index in [2.05, 4.69) is 125 Å².